The van der Waals surface area contributed by atoms with Crippen LogP contribution in [0.1, 0.15) is 16.7 Å². The monoisotopic (exact) mass is 459 g/mol. The summed E-state index contributed by atoms with van der Waals surface area (Å²) in [6, 6.07) is 18.3. The minimum Gasteiger partial charge on any atom is -0.496 e. The first-order chi connectivity index (χ1) is 14.1. The van der Waals surface area contributed by atoms with Gasteiger partial charge in [-0.15, -0.1) is 0 Å². The topological polar surface area (TPSA) is 39.7 Å². The second kappa shape index (κ2) is 10.3. The molecule has 6 heteroatoms. The molecule has 0 saturated carbocycles. The summed E-state index contributed by atoms with van der Waals surface area (Å²) in [4.78, 5) is 0. The molecule has 3 aromatic carbocycles. The van der Waals surface area contributed by atoms with Gasteiger partial charge in [-0.05, 0) is 45.8 Å². The molecule has 0 aromatic heterocycles. The van der Waals surface area contributed by atoms with E-state index in [9.17, 15) is 4.39 Å². The van der Waals surface area contributed by atoms with Crippen LogP contribution in [0.15, 0.2) is 65.1 Å². The molecule has 1 N–H and O–H groups in total. The van der Waals surface area contributed by atoms with Crippen LogP contribution in [-0.4, -0.2) is 14.2 Å². The van der Waals surface area contributed by atoms with E-state index in [4.69, 9.17) is 14.2 Å². The largest absolute Gasteiger partial charge is 0.496 e. The number of halogens is 2. The molecule has 3 rings (SSSR count). The van der Waals surface area contributed by atoms with Crippen molar-refractivity contribution in [2.75, 3.05) is 14.2 Å². The summed E-state index contributed by atoms with van der Waals surface area (Å²) in [5.41, 5.74) is 2.61. The van der Waals surface area contributed by atoms with Gasteiger partial charge in [0, 0.05) is 24.2 Å². The molecule has 29 heavy (non-hydrogen) atoms. The fourth-order valence-electron chi connectivity index (χ4n) is 2.97. The smallest absolute Gasteiger partial charge is 0.175 e. The standard InChI is InChI=1S/C23H23BrFNO3/c1-27-21-10-6-4-7-17(21)14-26-13-16-11-19(24)23(22(12-16)28-2)29-15-18-8-3-5-9-20(18)25/h3-12,26H,13-15H2,1-2H3. The van der Waals surface area contributed by atoms with Gasteiger partial charge in [-0.1, -0.05) is 36.4 Å². The Morgan fingerprint density at radius 1 is 0.862 bits per heavy atom. The normalized spacial score (nSPS) is 10.6. The van der Waals surface area contributed by atoms with Crippen LogP contribution < -0.4 is 19.5 Å². The molecule has 0 aliphatic carbocycles. The Kier molecular flexibility index (Phi) is 7.49. The zero-order chi connectivity index (χ0) is 20.6. The van der Waals surface area contributed by atoms with Crippen molar-refractivity contribution in [2.24, 2.45) is 0 Å². The molecule has 0 amide bonds. The summed E-state index contributed by atoms with van der Waals surface area (Å²) in [5.74, 6) is 1.70. The summed E-state index contributed by atoms with van der Waals surface area (Å²) in [6.45, 7) is 1.43. The van der Waals surface area contributed by atoms with Crippen LogP contribution >= 0.6 is 15.9 Å². The van der Waals surface area contributed by atoms with E-state index in [1.807, 2.05) is 36.4 Å². The van der Waals surface area contributed by atoms with E-state index in [1.54, 1.807) is 32.4 Å². The molecule has 0 aliphatic rings. The Bertz CT molecular complexity index is 965. The van der Waals surface area contributed by atoms with Crippen molar-refractivity contribution in [3.8, 4) is 17.2 Å². The molecular formula is C23H23BrFNO3. The number of para-hydroxylation sites is 1. The minimum atomic E-state index is -0.292. The molecule has 0 saturated heterocycles. The van der Waals surface area contributed by atoms with E-state index in [0.29, 0.717) is 30.2 Å². The molecule has 0 fully saturated rings. The Balaban J connectivity index is 1.67. The molecule has 0 bridgehead atoms. The molecule has 0 heterocycles. The second-order valence-corrected chi connectivity index (χ2v) is 7.26. The minimum absolute atomic E-state index is 0.118. The van der Waals surface area contributed by atoms with Gasteiger partial charge < -0.3 is 19.5 Å². The van der Waals surface area contributed by atoms with Crippen molar-refractivity contribution in [2.45, 2.75) is 19.7 Å². The van der Waals surface area contributed by atoms with Gasteiger partial charge in [0.25, 0.3) is 0 Å². The first kappa shape index (κ1) is 21.1. The van der Waals surface area contributed by atoms with Crippen molar-refractivity contribution in [1.82, 2.24) is 5.32 Å². The fraction of sp³-hybridized carbons (Fsp3) is 0.217. The predicted molar refractivity (Wildman–Crippen MR) is 115 cm³/mol. The second-order valence-electron chi connectivity index (χ2n) is 6.40. The molecule has 152 valence electrons. The van der Waals surface area contributed by atoms with E-state index in [1.165, 1.54) is 6.07 Å². The Morgan fingerprint density at radius 3 is 2.28 bits per heavy atom. The number of rotatable bonds is 9. The van der Waals surface area contributed by atoms with Crippen molar-refractivity contribution in [1.29, 1.82) is 0 Å². The predicted octanol–water partition coefficient (Wildman–Crippen LogP) is 5.47. The summed E-state index contributed by atoms with van der Waals surface area (Å²) in [5, 5.41) is 3.41. The van der Waals surface area contributed by atoms with Gasteiger partial charge in [-0.25, -0.2) is 4.39 Å². The molecule has 0 spiro atoms. The van der Waals surface area contributed by atoms with Gasteiger partial charge in [-0.2, -0.15) is 0 Å². The Hall–Kier alpha value is -2.57. The SMILES string of the molecule is COc1ccccc1CNCc1cc(Br)c(OCc2ccccc2F)c(OC)c1. The number of ether oxygens (including phenoxy) is 3. The molecule has 0 aliphatic heterocycles. The lowest BCUT2D eigenvalue weighted by atomic mass is 10.1. The maximum absolute atomic E-state index is 13.8. The van der Waals surface area contributed by atoms with Gasteiger partial charge in [0.05, 0.1) is 18.7 Å². The maximum Gasteiger partial charge on any atom is 0.175 e. The Morgan fingerprint density at radius 2 is 1.55 bits per heavy atom. The van der Waals surface area contributed by atoms with Crippen LogP contribution in [-0.2, 0) is 19.7 Å². The molecule has 0 unspecified atom stereocenters. The number of methoxy groups -OCH3 is 2. The van der Waals surface area contributed by atoms with Crippen LogP contribution in [0.25, 0.3) is 0 Å². The maximum atomic E-state index is 13.8. The van der Waals surface area contributed by atoms with Crippen LogP contribution in [0.3, 0.4) is 0 Å². The number of hydrogen-bond donors (Lipinski definition) is 1. The lowest BCUT2D eigenvalue weighted by Gasteiger charge is -2.15. The molecule has 0 atom stereocenters. The van der Waals surface area contributed by atoms with E-state index in [2.05, 4.69) is 21.2 Å². The summed E-state index contributed by atoms with van der Waals surface area (Å²) in [7, 11) is 3.25. The third kappa shape index (κ3) is 5.49. The highest BCUT2D eigenvalue weighted by Crippen LogP contribution is 2.37. The van der Waals surface area contributed by atoms with E-state index < -0.39 is 0 Å². The van der Waals surface area contributed by atoms with Crippen LogP contribution in [0.5, 0.6) is 17.2 Å². The van der Waals surface area contributed by atoms with Crippen LogP contribution in [0, 0.1) is 5.82 Å². The first-order valence-electron chi connectivity index (χ1n) is 9.17. The number of hydrogen-bond acceptors (Lipinski definition) is 4. The first-order valence-corrected chi connectivity index (χ1v) is 9.97. The van der Waals surface area contributed by atoms with Gasteiger partial charge in [0.1, 0.15) is 18.2 Å². The lowest BCUT2D eigenvalue weighted by molar-refractivity contribution is 0.277. The average Bonchev–Trinajstić information content (AvgIpc) is 2.74. The van der Waals surface area contributed by atoms with Crippen molar-refractivity contribution in [3.63, 3.8) is 0 Å². The summed E-state index contributed by atoms with van der Waals surface area (Å²) < 4.78 is 31.3. The number of benzene rings is 3. The molecule has 0 radical (unpaired) electrons. The van der Waals surface area contributed by atoms with Crippen molar-refractivity contribution >= 4 is 15.9 Å². The third-order valence-corrected chi connectivity index (χ3v) is 5.05. The third-order valence-electron chi connectivity index (χ3n) is 4.46. The highest BCUT2D eigenvalue weighted by Gasteiger charge is 2.13. The van der Waals surface area contributed by atoms with Crippen LogP contribution in [0.4, 0.5) is 4.39 Å². The molecule has 4 nitrogen and oxygen atoms in total. The highest BCUT2D eigenvalue weighted by molar-refractivity contribution is 9.10. The van der Waals surface area contributed by atoms with E-state index >= 15 is 0 Å². The average molecular weight is 460 g/mol. The van der Waals surface area contributed by atoms with Gasteiger partial charge in [0.15, 0.2) is 11.5 Å². The van der Waals surface area contributed by atoms with E-state index in [0.717, 1.165) is 21.3 Å². The van der Waals surface area contributed by atoms with Crippen molar-refractivity contribution < 1.29 is 18.6 Å². The lowest BCUT2D eigenvalue weighted by Crippen LogP contribution is -2.13. The molecular weight excluding hydrogens is 437 g/mol. The summed E-state index contributed by atoms with van der Waals surface area (Å²) in [6.07, 6.45) is 0. The Labute approximate surface area is 178 Å². The zero-order valence-electron chi connectivity index (χ0n) is 16.4. The number of nitrogens with one attached hydrogen (secondary N) is 1. The fourth-order valence-corrected chi connectivity index (χ4v) is 3.58. The zero-order valence-corrected chi connectivity index (χ0v) is 18.0. The van der Waals surface area contributed by atoms with Crippen molar-refractivity contribution in [3.05, 3.63) is 87.6 Å². The van der Waals surface area contributed by atoms with Gasteiger partial charge in [-0.3, -0.25) is 0 Å². The molecule has 3 aromatic rings. The van der Waals surface area contributed by atoms with Gasteiger partial charge in [0.2, 0.25) is 0 Å². The highest BCUT2D eigenvalue weighted by atomic mass is 79.9. The van der Waals surface area contributed by atoms with Crippen LogP contribution in [0.2, 0.25) is 0 Å². The quantitative estimate of drug-likeness (QED) is 0.460. The summed E-state index contributed by atoms with van der Waals surface area (Å²) >= 11 is 3.54. The van der Waals surface area contributed by atoms with E-state index in [-0.39, 0.29) is 12.4 Å². The van der Waals surface area contributed by atoms with Gasteiger partial charge >= 0.3 is 0 Å².